The highest BCUT2D eigenvalue weighted by Gasteiger charge is 2.37. The van der Waals surface area contributed by atoms with Crippen molar-refractivity contribution in [1.29, 1.82) is 0 Å². The molecule has 1 N–H and O–H groups in total. The van der Waals surface area contributed by atoms with Crippen molar-refractivity contribution in [2.75, 3.05) is 0 Å². The Morgan fingerprint density at radius 2 is 1.79 bits per heavy atom. The van der Waals surface area contributed by atoms with Crippen LogP contribution in [-0.2, 0) is 9.47 Å². The van der Waals surface area contributed by atoms with E-state index >= 15 is 0 Å². The van der Waals surface area contributed by atoms with Crippen LogP contribution < -0.4 is 0 Å². The van der Waals surface area contributed by atoms with E-state index < -0.39 is 24.2 Å². The number of aryl methyl sites for hydroxylation is 1. The summed E-state index contributed by atoms with van der Waals surface area (Å²) in [5, 5.41) is 10.9. The predicted octanol–water partition coefficient (Wildman–Crippen LogP) is 2.65. The van der Waals surface area contributed by atoms with E-state index in [-0.39, 0.29) is 16.7 Å². The Hall–Kier alpha value is -2.99. The fourth-order valence-corrected chi connectivity index (χ4v) is 3.39. The molecule has 0 aromatic heterocycles. The lowest BCUT2D eigenvalue weighted by molar-refractivity contribution is -0.0687. The van der Waals surface area contributed by atoms with E-state index in [0.29, 0.717) is 27.5 Å². The number of hydrogen-bond donors (Lipinski definition) is 1. The zero-order valence-corrected chi connectivity index (χ0v) is 12.9. The Morgan fingerprint density at radius 1 is 1.04 bits per heavy atom. The van der Waals surface area contributed by atoms with Crippen LogP contribution in [0.1, 0.15) is 61.0 Å². The molecule has 0 saturated heterocycles. The van der Waals surface area contributed by atoms with Crippen molar-refractivity contribution in [3.8, 4) is 0 Å². The number of rotatable bonds is 1. The summed E-state index contributed by atoms with van der Waals surface area (Å²) in [5.41, 5.74) is 2.03. The van der Waals surface area contributed by atoms with Crippen molar-refractivity contribution in [3.05, 3.63) is 51.6 Å². The zero-order valence-electron chi connectivity index (χ0n) is 12.9. The molecular weight excluding hydrogens is 312 g/mol. The molecule has 6 heteroatoms. The van der Waals surface area contributed by atoms with Crippen LogP contribution in [0.3, 0.4) is 0 Å². The SMILES string of the molecule is C/C=C/c1cc2c3c(c(C)cc4c3c1C(=O)OC4=O)C(=O)OC2O. The highest BCUT2D eigenvalue weighted by Crippen LogP contribution is 2.42. The van der Waals surface area contributed by atoms with Gasteiger partial charge in [-0.3, -0.25) is 0 Å². The van der Waals surface area contributed by atoms with E-state index in [1.807, 2.05) is 0 Å². The monoisotopic (exact) mass is 324 g/mol. The molecule has 0 spiro atoms. The van der Waals surface area contributed by atoms with Gasteiger partial charge in [0.25, 0.3) is 0 Å². The second-order valence-corrected chi connectivity index (χ2v) is 5.73. The number of aliphatic hydroxyl groups excluding tert-OH is 1. The van der Waals surface area contributed by atoms with Crippen LogP contribution in [-0.4, -0.2) is 23.0 Å². The fraction of sp³-hybridized carbons (Fsp3) is 0.167. The lowest BCUT2D eigenvalue weighted by atomic mass is 9.84. The second-order valence-electron chi connectivity index (χ2n) is 5.73. The van der Waals surface area contributed by atoms with Gasteiger partial charge in [-0.05, 0) is 37.1 Å². The van der Waals surface area contributed by atoms with Crippen molar-refractivity contribution in [2.45, 2.75) is 20.1 Å². The first-order valence-electron chi connectivity index (χ1n) is 7.36. The summed E-state index contributed by atoms with van der Waals surface area (Å²) >= 11 is 0. The third-order valence-corrected chi connectivity index (χ3v) is 4.31. The van der Waals surface area contributed by atoms with Gasteiger partial charge in [-0.15, -0.1) is 0 Å². The van der Waals surface area contributed by atoms with E-state index in [1.54, 1.807) is 32.1 Å². The molecule has 2 aromatic carbocycles. The molecular formula is C18H12O6. The first-order chi connectivity index (χ1) is 11.4. The standard InChI is InChI=1S/C18H12O6/c1-3-4-8-6-10-13-11(17(21)23-16(10)20)7(2)5-9-14(13)12(8)18(22)24-15(9)19/h3-6,16,20H,1-2H3/b4-3+. The number of cyclic esters (lactones) is 3. The molecule has 0 radical (unpaired) electrons. The maximum absolute atomic E-state index is 12.3. The lowest BCUT2D eigenvalue weighted by Gasteiger charge is -2.27. The molecule has 0 aliphatic carbocycles. The summed E-state index contributed by atoms with van der Waals surface area (Å²) in [6, 6.07) is 3.09. The molecule has 0 amide bonds. The van der Waals surface area contributed by atoms with Crippen LogP contribution >= 0.6 is 0 Å². The molecule has 0 bridgehead atoms. The number of carbonyl (C=O) groups excluding carboxylic acids is 3. The van der Waals surface area contributed by atoms with Crippen LogP contribution in [0.4, 0.5) is 0 Å². The van der Waals surface area contributed by atoms with E-state index in [0.717, 1.165) is 0 Å². The van der Waals surface area contributed by atoms with Gasteiger partial charge in [-0.25, -0.2) is 14.4 Å². The van der Waals surface area contributed by atoms with Gasteiger partial charge in [0.2, 0.25) is 6.29 Å². The minimum Gasteiger partial charge on any atom is -0.428 e. The van der Waals surface area contributed by atoms with Crippen molar-refractivity contribution in [2.24, 2.45) is 0 Å². The quantitative estimate of drug-likeness (QED) is 0.641. The largest absolute Gasteiger partial charge is 0.428 e. The summed E-state index contributed by atoms with van der Waals surface area (Å²) in [7, 11) is 0. The Labute approximate surface area is 136 Å². The molecule has 1 atom stereocenters. The Kier molecular flexibility index (Phi) is 2.89. The van der Waals surface area contributed by atoms with Gasteiger partial charge in [0, 0.05) is 16.3 Å². The summed E-state index contributed by atoms with van der Waals surface area (Å²) < 4.78 is 9.83. The van der Waals surface area contributed by atoms with Crippen molar-refractivity contribution < 1.29 is 29.0 Å². The number of benzene rings is 2. The minimum atomic E-state index is -1.45. The third kappa shape index (κ3) is 1.71. The van der Waals surface area contributed by atoms with Crippen molar-refractivity contribution in [1.82, 2.24) is 0 Å². The van der Waals surface area contributed by atoms with Gasteiger partial charge < -0.3 is 14.6 Å². The van der Waals surface area contributed by atoms with E-state index in [9.17, 15) is 19.5 Å². The van der Waals surface area contributed by atoms with Gasteiger partial charge >= 0.3 is 17.9 Å². The number of esters is 3. The van der Waals surface area contributed by atoms with Gasteiger partial charge in [0.05, 0.1) is 16.7 Å². The molecule has 2 aliphatic rings. The van der Waals surface area contributed by atoms with E-state index in [1.165, 1.54) is 6.07 Å². The highest BCUT2D eigenvalue weighted by atomic mass is 16.6. The molecule has 4 rings (SSSR count). The fourth-order valence-electron chi connectivity index (χ4n) is 3.39. The first kappa shape index (κ1) is 14.6. The summed E-state index contributed by atoms with van der Waals surface area (Å²) in [4.78, 5) is 36.7. The molecule has 120 valence electrons. The molecule has 2 aliphatic heterocycles. The Bertz CT molecular complexity index is 999. The van der Waals surface area contributed by atoms with Crippen LogP contribution in [0.25, 0.3) is 16.8 Å². The van der Waals surface area contributed by atoms with Crippen molar-refractivity contribution in [3.63, 3.8) is 0 Å². The smallest absolute Gasteiger partial charge is 0.347 e. The predicted molar refractivity (Wildman–Crippen MR) is 83.5 cm³/mol. The van der Waals surface area contributed by atoms with Crippen LogP contribution in [0.2, 0.25) is 0 Å². The Balaban J connectivity index is 2.31. The molecule has 0 fully saturated rings. The summed E-state index contributed by atoms with van der Waals surface area (Å²) in [6.45, 7) is 3.44. The van der Waals surface area contributed by atoms with Crippen LogP contribution in [0, 0.1) is 6.92 Å². The number of carbonyl (C=O) groups is 3. The average molecular weight is 324 g/mol. The number of hydrogen-bond acceptors (Lipinski definition) is 6. The van der Waals surface area contributed by atoms with Gasteiger partial charge in [0.1, 0.15) is 0 Å². The normalized spacial score (nSPS) is 19.0. The van der Waals surface area contributed by atoms with Crippen LogP contribution in [0.15, 0.2) is 18.2 Å². The summed E-state index contributed by atoms with van der Waals surface area (Å²) in [5.74, 6) is -2.22. The highest BCUT2D eigenvalue weighted by molar-refractivity contribution is 6.26. The zero-order chi connectivity index (χ0) is 17.2. The number of ether oxygens (including phenoxy) is 2. The van der Waals surface area contributed by atoms with Gasteiger partial charge in [-0.2, -0.15) is 0 Å². The van der Waals surface area contributed by atoms with E-state index in [4.69, 9.17) is 9.47 Å². The minimum absolute atomic E-state index is 0.204. The number of aliphatic hydroxyl groups is 1. The Morgan fingerprint density at radius 3 is 2.50 bits per heavy atom. The molecule has 1 unspecified atom stereocenters. The van der Waals surface area contributed by atoms with Gasteiger partial charge in [-0.1, -0.05) is 12.2 Å². The third-order valence-electron chi connectivity index (χ3n) is 4.31. The van der Waals surface area contributed by atoms with Gasteiger partial charge in [0.15, 0.2) is 0 Å². The summed E-state index contributed by atoms with van der Waals surface area (Å²) in [6.07, 6.45) is 1.95. The second kappa shape index (κ2) is 4.75. The molecule has 2 aromatic rings. The topological polar surface area (TPSA) is 89.9 Å². The maximum Gasteiger partial charge on any atom is 0.347 e. The molecule has 24 heavy (non-hydrogen) atoms. The molecule has 2 heterocycles. The lowest BCUT2D eigenvalue weighted by Crippen LogP contribution is -2.26. The molecule has 6 nitrogen and oxygen atoms in total. The van der Waals surface area contributed by atoms with E-state index in [2.05, 4.69) is 0 Å². The number of allylic oxidation sites excluding steroid dienone is 1. The maximum atomic E-state index is 12.3. The average Bonchev–Trinajstić information content (AvgIpc) is 2.51. The van der Waals surface area contributed by atoms with Crippen molar-refractivity contribution >= 4 is 34.8 Å². The van der Waals surface area contributed by atoms with Crippen LogP contribution in [0.5, 0.6) is 0 Å². The molecule has 0 saturated carbocycles. The first-order valence-corrected chi connectivity index (χ1v) is 7.36.